The van der Waals surface area contributed by atoms with Crippen LogP contribution in [0.25, 0.3) is 5.52 Å². The van der Waals surface area contributed by atoms with Gasteiger partial charge in [-0.2, -0.15) is 5.10 Å². The zero-order valence-electron chi connectivity index (χ0n) is 7.44. The molecular formula is C8H5FKN2O2-. The van der Waals surface area contributed by atoms with Crippen LogP contribution >= 0.6 is 0 Å². The number of fused-ring (bicyclic) bond motifs is 1. The zero-order valence-corrected chi connectivity index (χ0v) is 10.6. The van der Waals surface area contributed by atoms with Gasteiger partial charge in [0.2, 0.25) is 0 Å². The third-order valence-corrected chi connectivity index (χ3v) is 1.59. The maximum atomic E-state index is 12.8. The normalized spacial score (nSPS) is 8.93. The van der Waals surface area contributed by atoms with Crippen molar-refractivity contribution in [2.24, 2.45) is 0 Å². The number of nitrogens with zero attached hydrogens (tertiary/aromatic N) is 2. The summed E-state index contributed by atoms with van der Waals surface area (Å²) in [5.74, 6) is -0.438. The van der Waals surface area contributed by atoms with E-state index in [1.54, 1.807) is 6.29 Å². The Kier molecular flexibility index (Phi) is 5.64. The van der Waals surface area contributed by atoms with Crippen LogP contribution in [0.15, 0.2) is 24.5 Å². The largest absolute Gasteiger partial charge is 1.00 e. The van der Waals surface area contributed by atoms with Crippen LogP contribution in [-0.2, 0) is 4.79 Å². The van der Waals surface area contributed by atoms with Crippen molar-refractivity contribution < 1.29 is 66.0 Å². The second-order valence-electron chi connectivity index (χ2n) is 2.34. The van der Waals surface area contributed by atoms with Crippen molar-refractivity contribution in [3.05, 3.63) is 35.9 Å². The summed E-state index contributed by atoms with van der Waals surface area (Å²) in [6.45, 7) is 0. The van der Waals surface area contributed by atoms with Crippen molar-refractivity contribution >= 4 is 11.8 Å². The van der Waals surface area contributed by atoms with Gasteiger partial charge >= 0.3 is 51.4 Å². The summed E-state index contributed by atoms with van der Waals surface area (Å²) < 4.78 is 14.2. The summed E-state index contributed by atoms with van der Waals surface area (Å²) in [5, 5.41) is 3.71. The van der Waals surface area contributed by atoms with Gasteiger partial charge in [-0.3, -0.25) is 4.52 Å². The Morgan fingerprint density at radius 3 is 2.86 bits per heavy atom. The van der Waals surface area contributed by atoms with E-state index in [1.165, 1.54) is 22.8 Å². The van der Waals surface area contributed by atoms with Crippen molar-refractivity contribution in [2.75, 3.05) is 0 Å². The Morgan fingerprint density at radius 2 is 2.21 bits per heavy atom. The van der Waals surface area contributed by atoms with Crippen molar-refractivity contribution in [3.63, 3.8) is 0 Å². The minimum Gasteiger partial charge on any atom is -0.870 e. The smallest absolute Gasteiger partial charge is 0.870 e. The van der Waals surface area contributed by atoms with Crippen LogP contribution in [0.3, 0.4) is 0 Å². The number of halogens is 1. The summed E-state index contributed by atoms with van der Waals surface area (Å²) in [4.78, 5) is 10.2. The van der Waals surface area contributed by atoms with E-state index in [9.17, 15) is 9.18 Å². The molecule has 0 aromatic carbocycles. The molecule has 2 aromatic heterocycles. The first-order valence-electron chi connectivity index (χ1n) is 3.32. The first kappa shape index (κ1) is 13.9. The maximum Gasteiger partial charge on any atom is 1.00 e. The second-order valence-corrected chi connectivity index (χ2v) is 2.34. The van der Waals surface area contributed by atoms with Gasteiger partial charge in [0, 0.05) is 5.52 Å². The monoisotopic (exact) mass is 219 g/mol. The number of hydrogen-bond donors (Lipinski definition) is 0. The first-order chi connectivity index (χ1) is 5.81. The fraction of sp³-hybridized carbons (Fsp3) is 0. The molecule has 6 heteroatoms. The molecule has 1 N–H and O–H groups in total. The van der Waals surface area contributed by atoms with Crippen LogP contribution in [0.2, 0.25) is 0 Å². The van der Waals surface area contributed by atoms with E-state index >= 15 is 0 Å². The van der Waals surface area contributed by atoms with Crippen molar-refractivity contribution in [3.8, 4) is 0 Å². The molecule has 2 aromatic rings. The molecule has 0 amide bonds. The van der Waals surface area contributed by atoms with Gasteiger partial charge in [-0.05, 0) is 6.20 Å². The van der Waals surface area contributed by atoms with E-state index in [-0.39, 0.29) is 62.4 Å². The standard InChI is InChI=1S/C8H4FN2O.K.H2O/c9-7-4-10-11-2-1-6(5-12)3-8(7)11;;/h1-4H;;1H2/q-1;+1;/p-1. The van der Waals surface area contributed by atoms with Crippen LogP contribution in [0.4, 0.5) is 4.39 Å². The quantitative estimate of drug-likeness (QED) is 0.402. The summed E-state index contributed by atoms with van der Waals surface area (Å²) in [6.07, 6.45) is 4.29. The summed E-state index contributed by atoms with van der Waals surface area (Å²) in [5.41, 5.74) is 0.609. The predicted molar refractivity (Wildman–Crippen MR) is 41.9 cm³/mol. The Labute approximate surface area is 122 Å². The molecule has 2 rings (SSSR count). The molecule has 0 fully saturated rings. The van der Waals surface area contributed by atoms with Gasteiger partial charge in [0.1, 0.15) is 0 Å². The van der Waals surface area contributed by atoms with Gasteiger partial charge in [0.05, 0.1) is 12.5 Å². The second kappa shape index (κ2) is 5.69. The zero-order chi connectivity index (χ0) is 8.55. The number of pyridine rings is 1. The Bertz CT molecular complexity index is 444. The van der Waals surface area contributed by atoms with Crippen molar-refractivity contribution in [1.82, 2.24) is 9.61 Å². The van der Waals surface area contributed by atoms with Gasteiger partial charge in [-0.25, -0.2) is 4.39 Å². The van der Waals surface area contributed by atoms with E-state index in [2.05, 4.69) is 5.10 Å². The number of rotatable bonds is 1. The minimum atomic E-state index is -0.438. The van der Waals surface area contributed by atoms with E-state index in [0.717, 1.165) is 6.20 Å². The number of aromatic nitrogens is 2. The van der Waals surface area contributed by atoms with Gasteiger partial charge in [-0.1, -0.05) is 0 Å². The van der Waals surface area contributed by atoms with Crippen LogP contribution < -0.4 is 51.4 Å². The molecule has 0 radical (unpaired) electrons. The van der Waals surface area contributed by atoms with Gasteiger partial charge < -0.3 is 10.3 Å². The number of hydrogen-bond acceptors (Lipinski definition) is 3. The van der Waals surface area contributed by atoms with E-state index < -0.39 is 5.82 Å². The Morgan fingerprint density at radius 1 is 1.50 bits per heavy atom. The fourth-order valence-electron chi connectivity index (χ4n) is 1.01. The van der Waals surface area contributed by atoms with Crippen molar-refractivity contribution in [1.29, 1.82) is 0 Å². The number of carbonyl (C=O) groups excluding carboxylic acids is 1. The van der Waals surface area contributed by atoms with Gasteiger partial charge in [-0.15, -0.1) is 17.7 Å². The van der Waals surface area contributed by atoms with Gasteiger partial charge in [0.15, 0.2) is 5.82 Å². The summed E-state index contributed by atoms with van der Waals surface area (Å²) in [7, 11) is 0. The van der Waals surface area contributed by atoms with Gasteiger partial charge in [0.25, 0.3) is 0 Å². The van der Waals surface area contributed by atoms with Crippen LogP contribution in [-0.4, -0.2) is 21.4 Å². The van der Waals surface area contributed by atoms with Crippen LogP contribution in [0, 0.1) is 5.82 Å². The molecule has 2 heterocycles. The minimum absolute atomic E-state index is 0. The molecule has 0 saturated carbocycles. The molecule has 0 aliphatic heterocycles. The predicted octanol–water partition coefficient (Wildman–Crippen LogP) is -2.24. The molecule has 4 nitrogen and oxygen atoms in total. The molecule has 0 aliphatic rings. The Hall–Kier alpha value is -0.114. The molecule has 0 unspecified atom stereocenters. The third kappa shape index (κ3) is 2.47. The molecule has 14 heavy (non-hydrogen) atoms. The fourth-order valence-corrected chi connectivity index (χ4v) is 1.01. The molecule has 0 atom stereocenters. The summed E-state index contributed by atoms with van der Waals surface area (Å²) >= 11 is 0. The van der Waals surface area contributed by atoms with E-state index in [4.69, 9.17) is 0 Å². The summed E-state index contributed by atoms with van der Waals surface area (Å²) in [6, 6.07) is 2.92. The molecule has 0 aliphatic carbocycles. The molecule has 0 spiro atoms. The molecule has 0 bridgehead atoms. The molecule has 68 valence electrons. The van der Waals surface area contributed by atoms with E-state index in [0.29, 0.717) is 5.56 Å². The van der Waals surface area contributed by atoms with Crippen LogP contribution in [0.5, 0.6) is 0 Å². The van der Waals surface area contributed by atoms with E-state index in [1.807, 2.05) is 0 Å². The molecular weight excluding hydrogens is 214 g/mol. The molecule has 0 saturated heterocycles. The first-order valence-corrected chi connectivity index (χ1v) is 3.32. The Balaban J connectivity index is 0.000000845. The van der Waals surface area contributed by atoms with Crippen molar-refractivity contribution in [2.45, 2.75) is 0 Å². The maximum absolute atomic E-state index is 12.8. The van der Waals surface area contributed by atoms with Crippen LogP contribution in [0.1, 0.15) is 5.56 Å². The third-order valence-electron chi connectivity index (χ3n) is 1.59. The average Bonchev–Trinajstić information content (AvgIpc) is 2.47. The average molecular weight is 219 g/mol. The SMILES string of the molecule is O=[C-]c1ccn2ncc(F)c2c1.[K+].[OH-]. The topological polar surface area (TPSA) is 64.4 Å².